The molecule has 0 bridgehead atoms. The van der Waals surface area contributed by atoms with Crippen LogP contribution in [0.1, 0.15) is 43.2 Å². The van der Waals surface area contributed by atoms with E-state index in [4.69, 9.17) is 0 Å². The van der Waals surface area contributed by atoms with Crippen molar-refractivity contribution in [2.45, 2.75) is 51.0 Å². The van der Waals surface area contributed by atoms with E-state index in [2.05, 4.69) is 29.2 Å². The van der Waals surface area contributed by atoms with Crippen molar-refractivity contribution in [1.29, 1.82) is 0 Å². The third kappa shape index (κ3) is 3.42. The van der Waals surface area contributed by atoms with Gasteiger partial charge < -0.3 is 10.0 Å². The molecular formula is C18H27NO. The largest absolute Gasteiger partial charge is 0.392 e. The van der Waals surface area contributed by atoms with Crippen LogP contribution in [0.25, 0.3) is 0 Å². The molecule has 1 aliphatic carbocycles. The fourth-order valence-corrected chi connectivity index (χ4v) is 3.83. The molecule has 110 valence electrons. The Balaban J connectivity index is 1.54. The van der Waals surface area contributed by atoms with Crippen LogP contribution < -0.4 is 0 Å². The Kier molecular flexibility index (Phi) is 4.74. The van der Waals surface area contributed by atoms with Crippen LogP contribution in [0.5, 0.6) is 0 Å². The first-order valence-corrected chi connectivity index (χ1v) is 8.30. The number of rotatable bonds is 3. The van der Waals surface area contributed by atoms with Gasteiger partial charge in [0, 0.05) is 19.6 Å². The number of hydrogen-bond donors (Lipinski definition) is 1. The zero-order valence-corrected chi connectivity index (χ0v) is 12.4. The van der Waals surface area contributed by atoms with Gasteiger partial charge in [-0.25, -0.2) is 0 Å². The van der Waals surface area contributed by atoms with Crippen molar-refractivity contribution in [3.05, 3.63) is 35.4 Å². The molecular weight excluding hydrogens is 246 g/mol. The van der Waals surface area contributed by atoms with Gasteiger partial charge in [-0.2, -0.15) is 0 Å². The lowest BCUT2D eigenvalue weighted by molar-refractivity contribution is 0.0488. The molecule has 1 fully saturated rings. The van der Waals surface area contributed by atoms with E-state index in [0.717, 1.165) is 32.5 Å². The molecule has 0 radical (unpaired) electrons. The second-order valence-corrected chi connectivity index (χ2v) is 6.53. The Hall–Kier alpha value is -0.860. The second kappa shape index (κ2) is 6.73. The molecule has 1 heterocycles. The lowest BCUT2D eigenvalue weighted by Gasteiger charge is -2.30. The molecule has 1 unspecified atom stereocenters. The van der Waals surface area contributed by atoms with E-state index in [1.807, 2.05) is 0 Å². The smallest absolute Gasteiger partial charge is 0.0695 e. The van der Waals surface area contributed by atoms with Gasteiger partial charge in [0.05, 0.1) is 6.10 Å². The number of aliphatic hydroxyl groups excluding tert-OH is 1. The monoisotopic (exact) mass is 273 g/mol. The minimum Gasteiger partial charge on any atom is -0.392 e. The summed E-state index contributed by atoms with van der Waals surface area (Å²) in [5.41, 5.74) is 3.00. The lowest BCUT2D eigenvalue weighted by atomic mass is 9.85. The zero-order valence-electron chi connectivity index (χ0n) is 12.4. The Morgan fingerprint density at radius 3 is 2.20 bits per heavy atom. The van der Waals surface area contributed by atoms with E-state index < -0.39 is 0 Å². The third-order valence-corrected chi connectivity index (χ3v) is 5.15. The highest BCUT2D eigenvalue weighted by atomic mass is 16.3. The normalized spacial score (nSPS) is 23.1. The average Bonchev–Trinajstić information content (AvgIpc) is 2.71. The van der Waals surface area contributed by atoms with Crippen molar-refractivity contribution >= 4 is 0 Å². The van der Waals surface area contributed by atoms with Crippen LogP contribution >= 0.6 is 0 Å². The summed E-state index contributed by atoms with van der Waals surface area (Å²) in [7, 11) is 0. The Bertz CT molecular complexity index is 398. The van der Waals surface area contributed by atoms with Crippen molar-refractivity contribution in [3.63, 3.8) is 0 Å². The minimum absolute atomic E-state index is 0.114. The van der Waals surface area contributed by atoms with E-state index in [1.165, 1.54) is 43.2 Å². The number of nitrogens with zero attached hydrogens (tertiary/aromatic N) is 1. The number of hydrogen-bond acceptors (Lipinski definition) is 2. The van der Waals surface area contributed by atoms with Crippen LogP contribution in [-0.2, 0) is 12.8 Å². The average molecular weight is 273 g/mol. The first-order valence-electron chi connectivity index (χ1n) is 8.30. The van der Waals surface area contributed by atoms with E-state index in [-0.39, 0.29) is 6.10 Å². The van der Waals surface area contributed by atoms with E-state index in [9.17, 15) is 5.11 Å². The number of β-amino-alcohol motifs (C(OH)–C–C–N with tert-alkyl or cyclic N) is 1. The SMILES string of the molecule is OC(CN1CCc2ccccc2CC1)C1CCCCC1. The summed E-state index contributed by atoms with van der Waals surface area (Å²) in [6, 6.07) is 8.81. The summed E-state index contributed by atoms with van der Waals surface area (Å²) in [4.78, 5) is 2.47. The van der Waals surface area contributed by atoms with Gasteiger partial charge in [-0.3, -0.25) is 0 Å². The molecule has 1 aromatic carbocycles. The van der Waals surface area contributed by atoms with Crippen molar-refractivity contribution in [2.24, 2.45) is 5.92 Å². The number of aliphatic hydroxyl groups is 1. The maximum absolute atomic E-state index is 10.5. The molecule has 1 atom stereocenters. The summed E-state index contributed by atoms with van der Waals surface area (Å²) < 4.78 is 0. The van der Waals surface area contributed by atoms with Crippen LogP contribution in [0.3, 0.4) is 0 Å². The highest BCUT2D eigenvalue weighted by Crippen LogP contribution is 2.27. The molecule has 1 aliphatic heterocycles. The molecule has 0 spiro atoms. The van der Waals surface area contributed by atoms with Crippen LogP contribution in [0.2, 0.25) is 0 Å². The van der Waals surface area contributed by atoms with Gasteiger partial charge in [-0.05, 0) is 42.7 Å². The molecule has 2 nitrogen and oxygen atoms in total. The van der Waals surface area contributed by atoms with Gasteiger partial charge in [0.15, 0.2) is 0 Å². The van der Waals surface area contributed by atoms with Crippen molar-refractivity contribution in [1.82, 2.24) is 4.90 Å². The molecule has 0 amide bonds. The van der Waals surface area contributed by atoms with Crippen molar-refractivity contribution < 1.29 is 5.11 Å². The molecule has 2 aliphatic rings. The Morgan fingerprint density at radius 2 is 1.60 bits per heavy atom. The topological polar surface area (TPSA) is 23.5 Å². The maximum Gasteiger partial charge on any atom is 0.0695 e. The van der Waals surface area contributed by atoms with Crippen LogP contribution in [0, 0.1) is 5.92 Å². The predicted octanol–water partition coefficient (Wildman–Crippen LogP) is 3.03. The molecule has 2 heteroatoms. The summed E-state index contributed by atoms with van der Waals surface area (Å²) in [5.74, 6) is 0.550. The molecule has 1 saturated carbocycles. The van der Waals surface area contributed by atoms with Crippen LogP contribution in [0.15, 0.2) is 24.3 Å². The maximum atomic E-state index is 10.5. The summed E-state index contributed by atoms with van der Waals surface area (Å²) >= 11 is 0. The first kappa shape index (κ1) is 14.1. The van der Waals surface area contributed by atoms with Crippen molar-refractivity contribution in [2.75, 3.05) is 19.6 Å². The first-order chi connectivity index (χ1) is 9.83. The van der Waals surface area contributed by atoms with Gasteiger partial charge >= 0.3 is 0 Å². The lowest BCUT2D eigenvalue weighted by Crippen LogP contribution is -2.38. The standard InChI is InChI=1S/C18H27NO/c20-18(17-8-2-1-3-9-17)14-19-12-10-15-6-4-5-7-16(15)11-13-19/h4-7,17-18,20H,1-3,8-14H2. The van der Waals surface area contributed by atoms with E-state index in [1.54, 1.807) is 0 Å². The van der Waals surface area contributed by atoms with Crippen LogP contribution in [-0.4, -0.2) is 35.7 Å². The van der Waals surface area contributed by atoms with Crippen LogP contribution in [0.4, 0.5) is 0 Å². The molecule has 1 aromatic rings. The molecule has 20 heavy (non-hydrogen) atoms. The fourth-order valence-electron chi connectivity index (χ4n) is 3.83. The quantitative estimate of drug-likeness (QED) is 0.915. The fraction of sp³-hybridized carbons (Fsp3) is 0.667. The predicted molar refractivity (Wildman–Crippen MR) is 82.9 cm³/mol. The highest BCUT2D eigenvalue weighted by molar-refractivity contribution is 5.28. The number of benzene rings is 1. The summed E-state index contributed by atoms with van der Waals surface area (Å²) in [5, 5.41) is 10.5. The summed E-state index contributed by atoms with van der Waals surface area (Å²) in [6.45, 7) is 3.07. The minimum atomic E-state index is -0.114. The molecule has 0 saturated heterocycles. The van der Waals surface area contributed by atoms with Gasteiger partial charge in [-0.1, -0.05) is 43.5 Å². The second-order valence-electron chi connectivity index (χ2n) is 6.53. The van der Waals surface area contributed by atoms with E-state index in [0.29, 0.717) is 5.92 Å². The summed E-state index contributed by atoms with van der Waals surface area (Å²) in [6.07, 6.45) is 8.60. The molecule has 3 rings (SSSR count). The van der Waals surface area contributed by atoms with Gasteiger partial charge in [0.25, 0.3) is 0 Å². The molecule has 0 aromatic heterocycles. The van der Waals surface area contributed by atoms with Gasteiger partial charge in [-0.15, -0.1) is 0 Å². The molecule has 1 N–H and O–H groups in total. The van der Waals surface area contributed by atoms with E-state index >= 15 is 0 Å². The Morgan fingerprint density at radius 1 is 1.00 bits per heavy atom. The zero-order chi connectivity index (χ0) is 13.8. The van der Waals surface area contributed by atoms with Gasteiger partial charge in [0.2, 0.25) is 0 Å². The third-order valence-electron chi connectivity index (χ3n) is 5.15. The Labute approximate surface area is 122 Å². The highest BCUT2D eigenvalue weighted by Gasteiger charge is 2.24. The van der Waals surface area contributed by atoms with Gasteiger partial charge in [0.1, 0.15) is 0 Å². The van der Waals surface area contributed by atoms with Crippen molar-refractivity contribution in [3.8, 4) is 0 Å². The number of fused-ring (bicyclic) bond motifs is 1.